The van der Waals surface area contributed by atoms with Crippen LogP contribution in [0.2, 0.25) is 0 Å². The Hall–Kier alpha value is -1.58. The molecule has 0 saturated heterocycles. The van der Waals surface area contributed by atoms with E-state index >= 15 is 0 Å². The third-order valence-corrected chi connectivity index (χ3v) is 3.46. The summed E-state index contributed by atoms with van der Waals surface area (Å²) in [5, 5.41) is 14.2. The van der Waals surface area contributed by atoms with E-state index in [1.165, 1.54) is 25.7 Å². The van der Waals surface area contributed by atoms with E-state index in [9.17, 15) is 10.1 Å². The molecule has 0 saturated carbocycles. The smallest absolute Gasteiger partial charge is 0.292 e. The highest BCUT2D eigenvalue weighted by atomic mass is 16.6. The number of aryl methyl sites for hydroxylation is 1. The number of benzene rings is 1. The molecule has 4 nitrogen and oxygen atoms in total. The van der Waals surface area contributed by atoms with E-state index in [-0.39, 0.29) is 10.6 Å². The van der Waals surface area contributed by atoms with Crippen molar-refractivity contribution < 1.29 is 4.92 Å². The van der Waals surface area contributed by atoms with Gasteiger partial charge in [-0.1, -0.05) is 51.7 Å². The Morgan fingerprint density at radius 2 is 1.90 bits per heavy atom. The first-order chi connectivity index (χ1) is 9.52. The molecule has 0 spiro atoms. The molecule has 1 aromatic rings. The van der Waals surface area contributed by atoms with Crippen molar-refractivity contribution in [2.24, 2.45) is 5.92 Å². The van der Waals surface area contributed by atoms with Crippen LogP contribution in [-0.2, 0) is 0 Å². The maximum atomic E-state index is 11.0. The topological polar surface area (TPSA) is 55.2 Å². The van der Waals surface area contributed by atoms with Gasteiger partial charge in [0.05, 0.1) is 4.92 Å². The zero-order chi connectivity index (χ0) is 15.0. The quantitative estimate of drug-likeness (QED) is 0.396. The lowest BCUT2D eigenvalue weighted by molar-refractivity contribution is -0.384. The van der Waals surface area contributed by atoms with Gasteiger partial charge in [-0.3, -0.25) is 10.1 Å². The predicted octanol–water partition coefficient (Wildman–Crippen LogP) is 4.92. The molecule has 0 amide bonds. The van der Waals surface area contributed by atoms with Crippen LogP contribution < -0.4 is 5.32 Å². The van der Waals surface area contributed by atoms with Crippen LogP contribution in [0, 0.1) is 23.0 Å². The second-order valence-corrected chi connectivity index (χ2v) is 5.75. The number of hydrogen-bond acceptors (Lipinski definition) is 3. The van der Waals surface area contributed by atoms with Gasteiger partial charge in [0.2, 0.25) is 0 Å². The first kappa shape index (κ1) is 16.5. The van der Waals surface area contributed by atoms with Gasteiger partial charge in [0, 0.05) is 12.6 Å². The van der Waals surface area contributed by atoms with E-state index < -0.39 is 0 Å². The van der Waals surface area contributed by atoms with Crippen molar-refractivity contribution in [2.45, 2.75) is 52.9 Å². The van der Waals surface area contributed by atoms with E-state index in [1.54, 1.807) is 12.1 Å². The summed E-state index contributed by atoms with van der Waals surface area (Å²) in [5.74, 6) is 0.780. The molecule has 0 aliphatic carbocycles. The average molecular weight is 278 g/mol. The van der Waals surface area contributed by atoms with Crippen LogP contribution in [0.1, 0.15) is 51.5 Å². The van der Waals surface area contributed by atoms with Crippen LogP contribution in [-0.4, -0.2) is 11.5 Å². The number of nitro groups is 1. The molecule has 0 fully saturated rings. The normalized spacial score (nSPS) is 10.8. The molecular weight excluding hydrogens is 252 g/mol. The first-order valence-corrected chi connectivity index (χ1v) is 7.50. The number of hydrogen-bond donors (Lipinski definition) is 1. The van der Waals surface area contributed by atoms with Crippen molar-refractivity contribution in [1.82, 2.24) is 0 Å². The summed E-state index contributed by atoms with van der Waals surface area (Å²) in [4.78, 5) is 10.7. The summed E-state index contributed by atoms with van der Waals surface area (Å²) in [6, 6.07) is 5.18. The number of anilines is 1. The summed E-state index contributed by atoms with van der Waals surface area (Å²) < 4.78 is 0. The Balaban J connectivity index is 2.33. The zero-order valence-corrected chi connectivity index (χ0v) is 12.8. The van der Waals surface area contributed by atoms with Gasteiger partial charge in [0.1, 0.15) is 5.69 Å². The molecule has 112 valence electrons. The van der Waals surface area contributed by atoms with Crippen LogP contribution in [0.15, 0.2) is 18.2 Å². The van der Waals surface area contributed by atoms with Crippen molar-refractivity contribution in [1.29, 1.82) is 0 Å². The zero-order valence-electron chi connectivity index (χ0n) is 12.8. The summed E-state index contributed by atoms with van der Waals surface area (Å²) >= 11 is 0. The van der Waals surface area contributed by atoms with E-state index in [1.807, 2.05) is 13.0 Å². The van der Waals surface area contributed by atoms with Crippen LogP contribution >= 0.6 is 0 Å². The fourth-order valence-corrected chi connectivity index (χ4v) is 2.28. The SMILES string of the molecule is Cc1cccc([N+](=O)[O-])c1NCCCCCCC(C)C. The number of nitro benzene ring substituents is 1. The summed E-state index contributed by atoms with van der Waals surface area (Å²) in [6.45, 7) is 7.20. The minimum absolute atomic E-state index is 0.171. The van der Waals surface area contributed by atoms with Gasteiger partial charge < -0.3 is 5.32 Å². The largest absolute Gasteiger partial charge is 0.379 e. The number of nitrogens with one attached hydrogen (secondary N) is 1. The van der Waals surface area contributed by atoms with Crippen molar-refractivity contribution >= 4 is 11.4 Å². The van der Waals surface area contributed by atoms with Gasteiger partial charge in [0.15, 0.2) is 0 Å². The Bertz CT molecular complexity index is 430. The van der Waals surface area contributed by atoms with E-state index in [2.05, 4.69) is 19.2 Å². The van der Waals surface area contributed by atoms with Gasteiger partial charge in [0.25, 0.3) is 5.69 Å². The Morgan fingerprint density at radius 1 is 1.20 bits per heavy atom. The Labute approximate surface area is 121 Å². The molecule has 0 radical (unpaired) electrons. The number of para-hydroxylation sites is 1. The van der Waals surface area contributed by atoms with Gasteiger partial charge in [-0.2, -0.15) is 0 Å². The Kier molecular flexibility index (Phi) is 7.05. The van der Waals surface area contributed by atoms with Crippen LogP contribution in [0.5, 0.6) is 0 Å². The monoisotopic (exact) mass is 278 g/mol. The molecule has 1 N–H and O–H groups in total. The number of nitrogens with zero attached hydrogens (tertiary/aromatic N) is 1. The second kappa shape index (κ2) is 8.56. The molecule has 0 aliphatic rings. The molecule has 4 heteroatoms. The molecule has 0 aromatic heterocycles. The number of rotatable bonds is 9. The number of unbranched alkanes of at least 4 members (excludes halogenated alkanes) is 3. The molecular formula is C16H26N2O2. The fourth-order valence-electron chi connectivity index (χ4n) is 2.28. The molecule has 0 aliphatic heterocycles. The van der Waals surface area contributed by atoms with Gasteiger partial charge in [-0.05, 0) is 24.8 Å². The molecule has 0 unspecified atom stereocenters. The van der Waals surface area contributed by atoms with Crippen molar-refractivity contribution in [3.63, 3.8) is 0 Å². The third kappa shape index (κ3) is 5.59. The van der Waals surface area contributed by atoms with Crippen LogP contribution in [0.4, 0.5) is 11.4 Å². The fraction of sp³-hybridized carbons (Fsp3) is 0.625. The minimum Gasteiger partial charge on any atom is -0.379 e. The highest BCUT2D eigenvalue weighted by Crippen LogP contribution is 2.27. The molecule has 0 atom stereocenters. The third-order valence-electron chi connectivity index (χ3n) is 3.46. The highest BCUT2D eigenvalue weighted by Gasteiger charge is 2.14. The maximum absolute atomic E-state index is 11.0. The lowest BCUT2D eigenvalue weighted by Crippen LogP contribution is -2.06. The minimum atomic E-state index is -0.321. The highest BCUT2D eigenvalue weighted by molar-refractivity contribution is 5.65. The van der Waals surface area contributed by atoms with Gasteiger partial charge >= 0.3 is 0 Å². The standard InChI is InChI=1S/C16H26N2O2/c1-13(2)9-6-4-5-7-12-17-16-14(3)10-8-11-15(16)18(19)20/h8,10-11,13,17H,4-7,9,12H2,1-3H3. The molecule has 0 bridgehead atoms. The van der Waals surface area contributed by atoms with E-state index in [4.69, 9.17) is 0 Å². The lowest BCUT2D eigenvalue weighted by atomic mass is 10.0. The van der Waals surface area contributed by atoms with E-state index in [0.717, 1.165) is 24.4 Å². The Morgan fingerprint density at radius 3 is 2.55 bits per heavy atom. The van der Waals surface area contributed by atoms with Gasteiger partial charge in [-0.25, -0.2) is 0 Å². The summed E-state index contributed by atoms with van der Waals surface area (Å²) in [6.07, 6.45) is 6.05. The average Bonchev–Trinajstić information content (AvgIpc) is 2.38. The van der Waals surface area contributed by atoms with Crippen molar-refractivity contribution in [3.8, 4) is 0 Å². The van der Waals surface area contributed by atoms with E-state index in [0.29, 0.717) is 5.69 Å². The molecule has 1 rings (SSSR count). The summed E-state index contributed by atoms with van der Waals surface area (Å²) in [7, 11) is 0. The summed E-state index contributed by atoms with van der Waals surface area (Å²) in [5.41, 5.74) is 1.77. The molecule has 0 heterocycles. The van der Waals surface area contributed by atoms with Crippen molar-refractivity contribution in [2.75, 3.05) is 11.9 Å². The molecule has 1 aromatic carbocycles. The van der Waals surface area contributed by atoms with Gasteiger partial charge in [-0.15, -0.1) is 0 Å². The van der Waals surface area contributed by atoms with Crippen molar-refractivity contribution in [3.05, 3.63) is 33.9 Å². The maximum Gasteiger partial charge on any atom is 0.292 e. The molecule has 20 heavy (non-hydrogen) atoms. The second-order valence-electron chi connectivity index (χ2n) is 5.75. The van der Waals surface area contributed by atoms with Crippen LogP contribution in [0.3, 0.4) is 0 Å². The van der Waals surface area contributed by atoms with Crippen LogP contribution in [0.25, 0.3) is 0 Å². The first-order valence-electron chi connectivity index (χ1n) is 7.50. The predicted molar refractivity (Wildman–Crippen MR) is 84.2 cm³/mol. The lowest BCUT2D eigenvalue weighted by Gasteiger charge is -2.10.